The second-order valence-electron chi connectivity index (χ2n) is 4.55. The van der Waals surface area contributed by atoms with Crippen LogP contribution in [0.5, 0.6) is 0 Å². The molecule has 0 radical (unpaired) electrons. The van der Waals surface area contributed by atoms with Gasteiger partial charge in [0.05, 0.1) is 5.52 Å². The Morgan fingerprint density at radius 2 is 2.00 bits per heavy atom. The Hall–Kier alpha value is -1.33. The van der Waals surface area contributed by atoms with E-state index in [1.54, 1.807) is 11.8 Å². The monoisotopic (exact) mass is 276 g/mol. The van der Waals surface area contributed by atoms with Crippen LogP contribution in [-0.4, -0.2) is 47.8 Å². The van der Waals surface area contributed by atoms with Gasteiger partial charge in [-0.3, -0.25) is 0 Å². The van der Waals surface area contributed by atoms with E-state index in [1.807, 2.05) is 18.2 Å². The van der Waals surface area contributed by atoms with E-state index in [9.17, 15) is 0 Å². The lowest BCUT2D eigenvalue weighted by Crippen LogP contribution is -2.15. The summed E-state index contributed by atoms with van der Waals surface area (Å²) >= 11 is 1.79. The minimum atomic E-state index is 0.716. The van der Waals surface area contributed by atoms with Gasteiger partial charge < -0.3 is 10.2 Å². The van der Waals surface area contributed by atoms with Gasteiger partial charge in [-0.1, -0.05) is 18.2 Å². The molecule has 0 bridgehead atoms. The Morgan fingerprint density at radius 1 is 1.21 bits per heavy atom. The molecule has 102 valence electrons. The van der Waals surface area contributed by atoms with Crippen LogP contribution in [0.1, 0.15) is 6.92 Å². The zero-order chi connectivity index (χ0) is 13.7. The third-order valence-corrected chi connectivity index (χ3v) is 3.65. The summed E-state index contributed by atoms with van der Waals surface area (Å²) in [6, 6.07) is 8.17. The van der Waals surface area contributed by atoms with Gasteiger partial charge >= 0.3 is 0 Å². The van der Waals surface area contributed by atoms with Gasteiger partial charge in [0, 0.05) is 24.2 Å². The predicted molar refractivity (Wildman–Crippen MR) is 83.0 cm³/mol. The molecule has 2 aromatic rings. The Kier molecular flexibility index (Phi) is 4.99. The Morgan fingerprint density at radius 3 is 2.74 bits per heavy atom. The number of hydrogen-bond acceptors (Lipinski definition) is 5. The lowest BCUT2D eigenvalue weighted by molar-refractivity contribution is 0.437. The summed E-state index contributed by atoms with van der Waals surface area (Å²) < 4.78 is 0. The number of thioether (sulfide) groups is 1. The molecule has 1 N–H and O–H groups in total. The van der Waals surface area contributed by atoms with Crippen molar-refractivity contribution in [2.75, 3.05) is 38.3 Å². The quantitative estimate of drug-likeness (QED) is 0.649. The van der Waals surface area contributed by atoms with Crippen molar-refractivity contribution in [1.29, 1.82) is 0 Å². The molecule has 0 aliphatic heterocycles. The van der Waals surface area contributed by atoms with Crippen molar-refractivity contribution in [1.82, 2.24) is 14.9 Å². The molecular weight excluding hydrogens is 256 g/mol. The molecule has 2 rings (SSSR count). The molecule has 1 heterocycles. The molecule has 0 aliphatic rings. The first-order chi connectivity index (χ1) is 9.20. The largest absolute Gasteiger partial charge is 0.354 e. The van der Waals surface area contributed by atoms with Gasteiger partial charge in [0.25, 0.3) is 0 Å². The zero-order valence-corrected chi connectivity index (χ0v) is 12.5. The molecule has 0 amide bonds. The van der Waals surface area contributed by atoms with Gasteiger partial charge in [0.15, 0.2) is 0 Å². The first-order valence-electron chi connectivity index (χ1n) is 6.49. The highest BCUT2D eigenvalue weighted by Gasteiger charge is 2.07. The maximum atomic E-state index is 4.61. The van der Waals surface area contributed by atoms with Crippen molar-refractivity contribution >= 4 is 28.6 Å². The Labute approximate surface area is 118 Å². The van der Waals surface area contributed by atoms with Gasteiger partial charge in [0.2, 0.25) is 5.95 Å². The average Bonchev–Trinajstić information content (AvgIpc) is 2.38. The van der Waals surface area contributed by atoms with Gasteiger partial charge in [0.1, 0.15) is 5.03 Å². The highest BCUT2D eigenvalue weighted by molar-refractivity contribution is 7.99. The second-order valence-corrected chi connectivity index (χ2v) is 5.64. The van der Waals surface area contributed by atoms with Crippen molar-refractivity contribution in [2.45, 2.75) is 11.9 Å². The van der Waals surface area contributed by atoms with E-state index in [0.717, 1.165) is 34.8 Å². The number of aromatic nitrogens is 2. The number of para-hydroxylation sites is 1. The second kappa shape index (κ2) is 6.73. The summed E-state index contributed by atoms with van der Waals surface area (Å²) in [6.45, 7) is 3.93. The molecule has 1 aromatic carbocycles. The third-order valence-electron chi connectivity index (χ3n) is 2.68. The van der Waals surface area contributed by atoms with Crippen molar-refractivity contribution in [3.63, 3.8) is 0 Å². The third kappa shape index (κ3) is 3.81. The molecule has 0 saturated heterocycles. The molecule has 0 atom stereocenters. The van der Waals surface area contributed by atoms with Crippen LogP contribution in [0.4, 0.5) is 5.95 Å². The Bertz CT molecular complexity index is 542. The highest BCUT2D eigenvalue weighted by atomic mass is 32.2. The van der Waals surface area contributed by atoms with E-state index in [1.165, 1.54) is 0 Å². The van der Waals surface area contributed by atoms with Gasteiger partial charge in [-0.25, -0.2) is 9.97 Å². The number of benzene rings is 1. The number of fused-ring (bicyclic) bond motifs is 1. The number of rotatable bonds is 6. The van der Waals surface area contributed by atoms with E-state index >= 15 is 0 Å². The van der Waals surface area contributed by atoms with Gasteiger partial charge in [-0.15, -0.1) is 11.8 Å². The van der Waals surface area contributed by atoms with Crippen LogP contribution in [-0.2, 0) is 0 Å². The lowest BCUT2D eigenvalue weighted by Gasteiger charge is -2.11. The fourth-order valence-electron chi connectivity index (χ4n) is 1.72. The summed E-state index contributed by atoms with van der Waals surface area (Å²) in [7, 11) is 4.17. The first kappa shape index (κ1) is 14.1. The number of nitrogens with one attached hydrogen (secondary N) is 1. The summed E-state index contributed by atoms with van der Waals surface area (Å²) in [5.41, 5.74) is 1.00. The molecule has 0 aliphatic carbocycles. The molecule has 0 unspecified atom stereocenters. The first-order valence-corrected chi connectivity index (χ1v) is 7.47. The molecule has 19 heavy (non-hydrogen) atoms. The van der Waals surface area contributed by atoms with Crippen molar-refractivity contribution in [3.05, 3.63) is 24.3 Å². The Balaban J connectivity index is 2.28. The fraction of sp³-hybridized carbons (Fsp3) is 0.429. The minimum absolute atomic E-state index is 0.716. The van der Waals surface area contributed by atoms with E-state index < -0.39 is 0 Å². The maximum absolute atomic E-state index is 4.61. The molecule has 0 fully saturated rings. The number of nitrogens with zero attached hydrogens (tertiary/aromatic N) is 3. The number of anilines is 1. The molecule has 0 spiro atoms. The summed E-state index contributed by atoms with van der Waals surface area (Å²) in [5, 5.41) is 5.38. The standard InChI is InChI=1S/C14H20N4S/c1-4-15-14-16-12-8-6-5-7-11(12)13(17-14)19-10-9-18(2)3/h5-8H,4,9-10H2,1-3H3,(H,15,16,17). The van der Waals surface area contributed by atoms with E-state index in [2.05, 4.69) is 47.3 Å². The summed E-state index contributed by atoms with van der Waals surface area (Å²) in [6.07, 6.45) is 0. The van der Waals surface area contributed by atoms with E-state index in [0.29, 0.717) is 5.95 Å². The van der Waals surface area contributed by atoms with Crippen LogP contribution < -0.4 is 5.32 Å². The van der Waals surface area contributed by atoms with E-state index in [4.69, 9.17) is 0 Å². The fourth-order valence-corrected chi connectivity index (χ4v) is 2.85. The van der Waals surface area contributed by atoms with Crippen molar-refractivity contribution in [3.8, 4) is 0 Å². The van der Waals surface area contributed by atoms with E-state index in [-0.39, 0.29) is 0 Å². The number of hydrogen-bond donors (Lipinski definition) is 1. The zero-order valence-electron chi connectivity index (χ0n) is 11.7. The van der Waals surface area contributed by atoms with Crippen molar-refractivity contribution < 1.29 is 0 Å². The normalized spacial score (nSPS) is 11.2. The van der Waals surface area contributed by atoms with Crippen LogP contribution in [0.15, 0.2) is 29.3 Å². The van der Waals surface area contributed by atoms with Crippen LogP contribution in [0.2, 0.25) is 0 Å². The lowest BCUT2D eigenvalue weighted by atomic mass is 10.2. The van der Waals surface area contributed by atoms with Crippen LogP contribution >= 0.6 is 11.8 Å². The summed E-state index contributed by atoms with van der Waals surface area (Å²) in [4.78, 5) is 11.3. The van der Waals surface area contributed by atoms with Crippen LogP contribution in [0, 0.1) is 0 Å². The minimum Gasteiger partial charge on any atom is -0.354 e. The molecule has 4 nitrogen and oxygen atoms in total. The molecule has 5 heteroatoms. The average molecular weight is 276 g/mol. The SMILES string of the molecule is CCNc1nc(SCCN(C)C)c2ccccc2n1. The van der Waals surface area contributed by atoms with Crippen LogP contribution in [0.25, 0.3) is 10.9 Å². The highest BCUT2D eigenvalue weighted by Crippen LogP contribution is 2.26. The predicted octanol–water partition coefficient (Wildman–Crippen LogP) is 2.72. The smallest absolute Gasteiger partial charge is 0.224 e. The topological polar surface area (TPSA) is 41.1 Å². The van der Waals surface area contributed by atoms with Gasteiger partial charge in [-0.05, 0) is 27.1 Å². The maximum Gasteiger partial charge on any atom is 0.224 e. The van der Waals surface area contributed by atoms with Crippen LogP contribution in [0.3, 0.4) is 0 Å². The molecule has 1 aromatic heterocycles. The van der Waals surface area contributed by atoms with Gasteiger partial charge in [-0.2, -0.15) is 0 Å². The molecular formula is C14H20N4S. The summed E-state index contributed by atoms with van der Waals surface area (Å²) in [5.74, 6) is 1.74. The van der Waals surface area contributed by atoms with Crippen molar-refractivity contribution in [2.24, 2.45) is 0 Å². The molecule has 0 saturated carbocycles.